The lowest BCUT2D eigenvalue weighted by molar-refractivity contribution is -0.126. The Labute approximate surface area is 203 Å². The number of nitrogens with zero attached hydrogens (tertiary/aromatic N) is 1. The summed E-state index contributed by atoms with van der Waals surface area (Å²) in [5, 5.41) is 12.6. The molecule has 0 aliphatic rings. The zero-order chi connectivity index (χ0) is 25.2. The number of anilines is 1. The molecular formula is C26H30F2N4O3. The normalized spacial score (nSPS) is 12.7. The van der Waals surface area contributed by atoms with Crippen LogP contribution in [0, 0.1) is 11.6 Å². The number of amides is 2. The molecule has 2 aromatic carbocycles. The van der Waals surface area contributed by atoms with Gasteiger partial charge in [0, 0.05) is 31.1 Å². The largest absolute Gasteiger partial charge is 0.359 e. The summed E-state index contributed by atoms with van der Waals surface area (Å²) in [7, 11) is 0. The molecule has 0 bridgehead atoms. The summed E-state index contributed by atoms with van der Waals surface area (Å²) in [6, 6.07) is 14.0. The molecule has 1 heterocycles. The van der Waals surface area contributed by atoms with E-state index in [-0.39, 0.29) is 23.8 Å². The Kier molecular flexibility index (Phi) is 9.48. The van der Waals surface area contributed by atoms with Gasteiger partial charge in [0.25, 0.3) is 0 Å². The Morgan fingerprint density at radius 1 is 1.06 bits per heavy atom. The van der Waals surface area contributed by atoms with Gasteiger partial charge in [0.15, 0.2) is 5.82 Å². The van der Waals surface area contributed by atoms with E-state index in [1.807, 2.05) is 25.1 Å². The average Bonchev–Trinajstić information content (AvgIpc) is 3.25. The van der Waals surface area contributed by atoms with Crippen LogP contribution in [-0.2, 0) is 22.4 Å². The molecule has 0 aliphatic heterocycles. The Balaban J connectivity index is 1.49. The van der Waals surface area contributed by atoms with Crippen molar-refractivity contribution in [3.63, 3.8) is 0 Å². The summed E-state index contributed by atoms with van der Waals surface area (Å²) in [6.07, 6.45) is 1.37. The second kappa shape index (κ2) is 12.8. The van der Waals surface area contributed by atoms with Gasteiger partial charge in [0.1, 0.15) is 23.4 Å². The van der Waals surface area contributed by atoms with Gasteiger partial charge in [-0.05, 0) is 36.6 Å². The summed E-state index contributed by atoms with van der Waals surface area (Å²) in [4.78, 5) is 25.1. The minimum Gasteiger partial charge on any atom is -0.359 e. The molecule has 186 valence electrons. The minimum absolute atomic E-state index is 0.181. The van der Waals surface area contributed by atoms with E-state index in [1.54, 1.807) is 6.07 Å². The van der Waals surface area contributed by atoms with Crippen molar-refractivity contribution in [2.24, 2.45) is 0 Å². The van der Waals surface area contributed by atoms with E-state index >= 15 is 0 Å². The van der Waals surface area contributed by atoms with Crippen molar-refractivity contribution in [3.05, 3.63) is 83.1 Å². The molecule has 0 saturated heterocycles. The maximum Gasteiger partial charge on any atom is 0.248 e. The lowest BCUT2D eigenvalue weighted by Crippen LogP contribution is -2.44. The molecule has 2 atom stereocenters. The molecule has 7 nitrogen and oxygen atoms in total. The van der Waals surface area contributed by atoms with E-state index in [2.05, 4.69) is 40.2 Å². The minimum atomic E-state index is -0.820. The van der Waals surface area contributed by atoms with Gasteiger partial charge in [-0.3, -0.25) is 9.59 Å². The molecule has 0 fully saturated rings. The standard InChI is InChI=1S/C26H30F2N4O3/c1-3-7-23(30-25(33)14-18-12-20(27)15-21(28)13-18)26(34)31-24-16-22(35-32-24)10-11-29-17(2)19-8-5-4-6-9-19/h4-6,8-9,12-13,15-17,23,29H,3,7,10-11,14H2,1-2H3,(H,30,33)(H,31,32,34). The van der Waals surface area contributed by atoms with Crippen molar-refractivity contribution in [2.75, 3.05) is 11.9 Å². The zero-order valence-corrected chi connectivity index (χ0v) is 19.8. The summed E-state index contributed by atoms with van der Waals surface area (Å²) >= 11 is 0. The second-order valence-electron chi connectivity index (χ2n) is 8.37. The van der Waals surface area contributed by atoms with Gasteiger partial charge in [-0.1, -0.05) is 48.8 Å². The molecule has 9 heteroatoms. The molecule has 0 saturated carbocycles. The highest BCUT2D eigenvalue weighted by molar-refractivity contribution is 5.96. The van der Waals surface area contributed by atoms with Crippen molar-refractivity contribution >= 4 is 17.6 Å². The maximum atomic E-state index is 13.4. The second-order valence-corrected chi connectivity index (χ2v) is 8.37. The first-order valence-corrected chi connectivity index (χ1v) is 11.6. The molecule has 3 aromatic rings. The lowest BCUT2D eigenvalue weighted by atomic mass is 10.1. The number of hydrogen-bond donors (Lipinski definition) is 3. The molecule has 2 unspecified atom stereocenters. The first-order chi connectivity index (χ1) is 16.8. The molecule has 0 radical (unpaired) electrons. The number of rotatable bonds is 12. The first kappa shape index (κ1) is 26.0. The molecular weight excluding hydrogens is 454 g/mol. The Bertz CT molecular complexity index is 1100. The van der Waals surface area contributed by atoms with Crippen LogP contribution in [0.3, 0.4) is 0 Å². The lowest BCUT2D eigenvalue weighted by Gasteiger charge is -2.17. The predicted octanol–water partition coefficient (Wildman–Crippen LogP) is 4.31. The number of benzene rings is 2. The SMILES string of the molecule is CCCC(NC(=O)Cc1cc(F)cc(F)c1)C(=O)Nc1cc(CCNC(C)c2ccccc2)on1. The van der Waals surface area contributed by atoms with E-state index in [9.17, 15) is 18.4 Å². The quantitative estimate of drug-likeness (QED) is 0.356. The van der Waals surface area contributed by atoms with Gasteiger partial charge in [-0.15, -0.1) is 0 Å². The number of aromatic nitrogens is 1. The molecule has 1 aromatic heterocycles. The third-order valence-corrected chi connectivity index (χ3v) is 5.45. The zero-order valence-electron chi connectivity index (χ0n) is 19.8. The van der Waals surface area contributed by atoms with Gasteiger partial charge in [0.05, 0.1) is 6.42 Å². The fraction of sp³-hybridized carbons (Fsp3) is 0.346. The van der Waals surface area contributed by atoms with Crippen LogP contribution < -0.4 is 16.0 Å². The summed E-state index contributed by atoms with van der Waals surface area (Å²) in [5.41, 5.74) is 1.37. The average molecular weight is 485 g/mol. The Hall–Kier alpha value is -3.59. The van der Waals surface area contributed by atoms with Gasteiger partial charge in [-0.2, -0.15) is 0 Å². The van der Waals surface area contributed by atoms with Gasteiger partial charge in [0.2, 0.25) is 11.8 Å². The summed E-state index contributed by atoms with van der Waals surface area (Å²) in [6.45, 7) is 4.62. The van der Waals surface area contributed by atoms with Crippen LogP contribution in [0.15, 0.2) is 59.1 Å². The monoisotopic (exact) mass is 484 g/mol. The van der Waals surface area contributed by atoms with E-state index in [1.165, 1.54) is 5.56 Å². The summed E-state index contributed by atoms with van der Waals surface area (Å²) < 4.78 is 32.1. The highest BCUT2D eigenvalue weighted by Gasteiger charge is 2.21. The highest BCUT2D eigenvalue weighted by atomic mass is 19.1. The van der Waals surface area contributed by atoms with Crippen LogP contribution in [0.5, 0.6) is 0 Å². The number of carbonyl (C=O) groups is 2. The first-order valence-electron chi connectivity index (χ1n) is 11.6. The number of halogens is 2. The predicted molar refractivity (Wildman–Crippen MR) is 129 cm³/mol. The molecule has 0 spiro atoms. The van der Waals surface area contributed by atoms with Crippen LogP contribution in [-0.4, -0.2) is 29.6 Å². The number of carbonyl (C=O) groups excluding carboxylic acids is 2. The molecule has 3 rings (SSSR count). The Morgan fingerprint density at radius 3 is 2.46 bits per heavy atom. The van der Waals surface area contributed by atoms with Crippen LogP contribution in [0.1, 0.15) is 49.6 Å². The topological polar surface area (TPSA) is 96.3 Å². The third kappa shape index (κ3) is 8.29. The van der Waals surface area contributed by atoms with Crippen molar-refractivity contribution in [1.82, 2.24) is 15.8 Å². The smallest absolute Gasteiger partial charge is 0.248 e. The van der Waals surface area contributed by atoms with Gasteiger partial charge in [-0.25, -0.2) is 8.78 Å². The third-order valence-electron chi connectivity index (χ3n) is 5.45. The van der Waals surface area contributed by atoms with Crippen molar-refractivity contribution in [1.29, 1.82) is 0 Å². The number of nitrogens with one attached hydrogen (secondary N) is 3. The summed E-state index contributed by atoms with van der Waals surface area (Å²) in [5.74, 6) is -1.62. The van der Waals surface area contributed by atoms with E-state index in [0.717, 1.165) is 18.2 Å². The van der Waals surface area contributed by atoms with Gasteiger partial charge >= 0.3 is 0 Å². The van der Waals surface area contributed by atoms with E-state index in [4.69, 9.17) is 4.52 Å². The molecule has 0 aliphatic carbocycles. The fourth-order valence-corrected chi connectivity index (χ4v) is 3.68. The van der Waals surface area contributed by atoms with Crippen molar-refractivity contribution in [3.8, 4) is 0 Å². The van der Waals surface area contributed by atoms with Crippen LogP contribution >= 0.6 is 0 Å². The maximum absolute atomic E-state index is 13.4. The highest BCUT2D eigenvalue weighted by Crippen LogP contribution is 2.14. The molecule has 35 heavy (non-hydrogen) atoms. The van der Waals surface area contributed by atoms with Crippen molar-refractivity contribution < 1.29 is 22.9 Å². The van der Waals surface area contributed by atoms with Gasteiger partial charge < -0.3 is 20.5 Å². The van der Waals surface area contributed by atoms with E-state index in [0.29, 0.717) is 31.6 Å². The van der Waals surface area contributed by atoms with E-state index < -0.39 is 29.5 Å². The van der Waals surface area contributed by atoms with Crippen molar-refractivity contribution in [2.45, 2.75) is 51.6 Å². The number of hydrogen-bond acceptors (Lipinski definition) is 5. The Morgan fingerprint density at radius 2 is 1.77 bits per heavy atom. The molecule has 3 N–H and O–H groups in total. The van der Waals surface area contributed by atoms with Crippen LogP contribution in [0.4, 0.5) is 14.6 Å². The fourth-order valence-electron chi connectivity index (χ4n) is 3.68. The van der Waals surface area contributed by atoms with Crippen LogP contribution in [0.25, 0.3) is 0 Å². The van der Waals surface area contributed by atoms with Crippen LogP contribution in [0.2, 0.25) is 0 Å². The molecule has 2 amide bonds.